The van der Waals surface area contributed by atoms with E-state index in [2.05, 4.69) is 31.4 Å². The van der Waals surface area contributed by atoms with Crippen LogP contribution in [0.15, 0.2) is 0 Å². The molecule has 0 spiro atoms. The summed E-state index contributed by atoms with van der Waals surface area (Å²) in [6.45, 7) is 8.59. The molecule has 0 aliphatic rings. The van der Waals surface area contributed by atoms with Crippen LogP contribution in [0.5, 0.6) is 0 Å². The molecule has 0 aromatic rings. The molecule has 0 radical (unpaired) electrons. The molecule has 0 aliphatic carbocycles. The van der Waals surface area contributed by atoms with E-state index in [1.165, 1.54) is 0 Å². The van der Waals surface area contributed by atoms with Crippen LogP contribution in [0.1, 0.15) is 34.1 Å². The summed E-state index contributed by atoms with van der Waals surface area (Å²) in [6.07, 6.45) is 0.993. The van der Waals surface area contributed by atoms with Crippen molar-refractivity contribution in [2.24, 2.45) is 0 Å². The van der Waals surface area contributed by atoms with Crippen LogP contribution in [-0.2, 0) is 0 Å². The van der Waals surface area contributed by atoms with E-state index in [1.54, 1.807) is 6.92 Å². The van der Waals surface area contributed by atoms with Gasteiger partial charge in [-0.3, -0.25) is 5.32 Å². The zero-order valence-electron chi connectivity index (χ0n) is 8.86. The Kier molecular flexibility index (Phi) is 4.17. The first kappa shape index (κ1) is 11.9. The average molecular weight is 174 g/mol. The van der Waals surface area contributed by atoms with Crippen molar-refractivity contribution in [1.82, 2.24) is 10.6 Å². The van der Waals surface area contributed by atoms with Crippen molar-refractivity contribution in [3.63, 3.8) is 0 Å². The lowest BCUT2D eigenvalue weighted by atomic mass is 10.00. The molecule has 0 heterocycles. The van der Waals surface area contributed by atoms with Gasteiger partial charge in [0.05, 0.1) is 0 Å². The fourth-order valence-corrected chi connectivity index (χ4v) is 1.21. The van der Waals surface area contributed by atoms with Gasteiger partial charge >= 0.3 is 0 Å². The molecule has 3 nitrogen and oxygen atoms in total. The molecule has 0 amide bonds. The second-order valence-electron chi connectivity index (χ2n) is 4.17. The minimum atomic E-state index is -0.825. The third kappa shape index (κ3) is 4.70. The van der Waals surface area contributed by atoms with Crippen LogP contribution in [0, 0.1) is 0 Å². The summed E-state index contributed by atoms with van der Waals surface area (Å²) < 4.78 is 0. The predicted molar refractivity (Wildman–Crippen MR) is 52.1 cm³/mol. The second-order valence-corrected chi connectivity index (χ2v) is 4.17. The van der Waals surface area contributed by atoms with Gasteiger partial charge in [-0.05, 0) is 34.2 Å². The Morgan fingerprint density at radius 2 is 1.75 bits per heavy atom. The van der Waals surface area contributed by atoms with Crippen LogP contribution in [0.2, 0.25) is 0 Å². The third-order valence-corrected chi connectivity index (χ3v) is 2.01. The van der Waals surface area contributed by atoms with Gasteiger partial charge in [-0.25, -0.2) is 0 Å². The molecule has 0 aromatic carbocycles. The van der Waals surface area contributed by atoms with Crippen LogP contribution in [0.3, 0.4) is 0 Å². The fraction of sp³-hybridized carbons (Fsp3) is 1.00. The van der Waals surface area contributed by atoms with Crippen molar-refractivity contribution in [2.45, 2.75) is 45.4 Å². The van der Waals surface area contributed by atoms with Crippen molar-refractivity contribution in [1.29, 1.82) is 0 Å². The van der Waals surface area contributed by atoms with Gasteiger partial charge in [0.2, 0.25) is 0 Å². The molecule has 0 fully saturated rings. The maximum absolute atomic E-state index is 9.81. The van der Waals surface area contributed by atoms with Gasteiger partial charge in [0.1, 0.15) is 5.72 Å². The summed E-state index contributed by atoms with van der Waals surface area (Å²) >= 11 is 0. The van der Waals surface area contributed by atoms with E-state index in [-0.39, 0.29) is 5.54 Å². The summed E-state index contributed by atoms with van der Waals surface area (Å²) in [7, 11) is 1.83. The van der Waals surface area contributed by atoms with Crippen molar-refractivity contribution < 1.29 is 5.11 Å². The SMILES string of the molecule is CCC(C)(C)NC(C)(O)CNC. The normalized spacial score (nSPS) is 17.5. The van der Waals surface area contributed by atoms with Crippen LogP contribution < -0.4 is 10.6 Å². The van der Waals surface area contributed by atoms with Crippen LogP contribution in [-0.4, -0.2) is 30.0 Å². The number of hydrogen-bond acceptors (Lipinski definition) is 3. The first-order valence-corrected chi connectivity index (χ1v) is 4.49. The lowest BCUT2D eigenvalue weighted by molar-refractivity contribution is -0.00102. The van der Waals surface area contributed by atoms with Crippen molar-refractivity contribution in [3.05, 3.63) is 0 Å². The van der Waals surface area contributed by atoms with Crippen molar-refractivity contribution >= 4 is 0 Å². The van der Waals surface area contributed by atoms with Crippen LogP contribution in [0.25, 0.3) is 0 Å². The highest BCUT2D eigenvalue weighted by Gasteiger charge is 2.26. The minimum absolute atomic E-state index is 0.0135. The zero-order valence-corrected chi connectivity index (χ0v) is 8.86. The summed E-state index contributed by atoms with van der Waals surface area (Å²) in [6, 6.07) is 0. The molecular weight excluding hydrogens is 152 g/mol. The Morgan fingerprint density at radius 1 is 1.25 bits per heavy atom. The Bertz CT molecular complexity index is 132. The molecule has 0 aliphatic heterocycles. The molecule has 74 valence electrons. The van der Waals surface area contributed by atoms with Gasteiger partial charge in [0.25, 0.3) is 0 Å². The topological polar surface area (TPSA) is 44.3 Å². The smallest absolute Gasteiger partial charge is 0.126 e. The summed E-state index contributed by atoms with van der Waals surface area (Å²) in [4.78, 5) is 0. The first-order chi connectivity index (χ1) is 5.33. The van der Waals surface area contributed by atoms with Crippen LogP contribution >= 0.6 is 0 Å². The molecule has 12 heavy (non-hydrogen) atoms. The molecule has 0 saturated carbocycles. The van der Waals surface area contributed by atoms with E-state index in [1.807, 2.05) is 7.05 Å². The lowest BCUT2D eigenvalue weighted by Crippen LogP contribution is -2.57. The highest BCUT2D eigenvalue weighted by Crippen LogP contribution is 2.11. The van der Waals surface area contributed by atoms with Crippen LogP contribution in [0.4, 0.5) is 0 Å². The third-order valence-electron chi connectivity index (χ3n) is 2.01. The zero-order chi connectivity index (χ0) is 9.83. The Morgan fingerprint density at radius 3 is 2.08 bits per heavy atom. The largest absolute Gasteiger partial charge is 0.375 e. The van der Waals surface area contributed by atoms with E-state index in [0.717, 1.165) is 6.42 Å². The maximum atomic E-state index is 9.81. The molecular formula is C9H22N2O. The molecule has 3 N–H and O–H groups in total. The van der Waals surface area contributed by atoms with Gasteiger partial charge in [0.15, 0.2) is 0 Å². The first-order valence-electron chi connectivity index (χ1n) is 4.49. The van der Waals surface area contributed by atoms with E-state index < -0.39 is 5.72 Å². The van der Waals surface area contributed by atoms with Gasteiger partial charge in [0, 0.05) is 12.1 Å². The summed E-state index contributed by atoms with van der Waals surface area (Å²) in [5.41, 5.74) is -0.839. The van der Waals surface area contributed by atoms with Gasteiger partial charge < -0.3 is 10.4 Å². The van der Waals surface area contributed by atoms with Gasteiger partial charge in [-0.2, -0.15) is 0 Å². The maximum Gasteiger partial charge on any atom is 0.126 e. The standard InChI is InChI=1S/C9H22N2O/c1-6-8(2,3)11-9(4,12)7-10-5/h10-12H,6-7H2,1-5H3. The fourth-order valence-electron chi connectivity index (χ4n) is 1.21. The molecule has 1 atom stereocenters. The Hall–Kier alpha value is -0.120. The number of nitrogens with one attached hydrogen (secondary N) is 2. The van der Waals surface area contributed by atoms with E-state index in [4.69, 9.17) is 0 Å². The minimum Gasteiger partial charge on any atom is -0.375 e. The summed E-state index contributed by atoms with van der Waals surface area (Å²) in [5.74, 6) is 0. The number of hydrogen-bond donors (Lipinski definition) is 3. The molecule has 0 aromatic heterocycles. The Balaban J connectivity index is 4.04. The van der Waals surface area contributed by atoms with E-state index >= 15 is 0 Å². The van der Waals surface area contributed by atoms with Crippen molar-refractivity contribution in [3.8, 4) is 0 Å². The highest BCUT2D eigenvalue weighted by molar-refractivity contribution is 4.84. The quantitative estimate of drug-likeness (QED) is 0.537. The molecule has 1 unspecified atom stereocenters. The highest BCUT2D eigenvalue weighted by atomic mass is 16.3. The van der Waals surface area contributed by atoms with E-state index in [0.29, 0.717) is 6.54 Å². The van der Waals surface area contributed by atoms with E-state index in [9.17, 15) is 5.11 Å². The molecule has 0 saturated heterocycles. The second kappa shape index (κ2) is 4.21. The lowest BCUT2D eigenvalue weighted by Gasteiger charge is -2.35. The summed E-state index contributed by atoms with van der Waals surface area (Å²) in [5, 5.41) is 15.9. The van der Waals surface area contributed by atoms with Gasteiger partial charge in [-0.15, -0.1) is 0 Å². The molecule has 0 rings (SSSR count). The monoisotopic (exact) mass is 174 g/mol. The molecule has 0 bridgehead atoms. The number of likely N-dealkylation sites (N-methyl/N-ethyl adjacent to an activating group) is 1. The molecule has 3 heteroatoms. The number of rotatable bonds is 5. The van der Waals surface area contributed by atoms with Gasteiger partial charge in [-0.1, -0.05) is 6.92 Å². The average Bonchev–Trinajstić information content (AvgIpc) is 1.85. The van der Waals surface area contributed by atoms with Crippen molar-refractivity contribution in [2.75, 3.05) is 13.6 Å². The number of aliphatic hydroxyl groups is 1. The predicted octanol–water partition coefficient (Wildman–Crippen LogP) is 0.692. The Labute approximate surface area is 75.6 Å².